The lowest BCUT2D eigenvalue weighted by Crippen LogP contribution is -2.28. The van der Waals surface area contributed by atoms with Crippen molar-refractivity contribution in [1.82, 2.24) is 14.5 Å². The number of benzene rings is 2. The van der Waals surface area contributed by atoms with Gasteiger partial charge in [0, 0.05) is 51.0 Å². The van der Waals surface area contributed by atoms with Gasteiger partial charge in [0.15, 0.2) is 0 Å². The van der Waals surface area contributed by atoms with E-state index in [-0.39, 0.29) is 10.6 Å². The molecule has 222 valence electrons. The van der Waals surface area contributed by atoms with Crippen LogP contribution in [-0.2, 0) is 24.4 Å². The number of carboxylic acids is 1. The zero-order chi connectivity index (χ0) is 30.8. The molecule has 0 atom stereocenters. The van der Waals surface area contributed by atoms with Crippen LogP contribution in [0, 0.1) is 11.2 Å². The molecule has 43 heavy (non-hydrogen) atoms. The van der Waals surface area contributed by atoms with E-state index in [0.29, 0.717) is 25.3 Å². The summed E-state index contributed by atoms with van der Waals surface area (Å²) in [7, 11) is 0. The summed E-state index contributed by atoms with van der Waals surface area (Å²) in [5.41, 5.74) is 4.51. The number of carboxylic acid groups (broad SMARTS) is 1. The lowest BCUT2D eigenvalue weighted by Gasteiger charge is -2.24. The molecule has 5 rings (SSSR count). The zero-order valence-corrected chi connectivity index (χ0v) is 25.9. The number of hydrogen-bond acceptors (Lipinski definition) is 5. The third-order valence-electron chi connectivity index (χ3n) is 7.12. The van der Waals surface area contributed by atoms with E-state index < -0.39 is 11.4 Å². The third-order valence-corrected chi connectivity index (χ3v) is 8.39. The van der Waals surface area contributed by atoms with Gasteiger partial charge in [-0.15, -0.1) is 11.8 Å². The number of rotatable bonds is 10. The van der Waals surface area contributed by atoms with Gasteiger partial charge in [-0.3, -0.25) is 14.8 Å². The van der Waals surface area contributed by atoms with Crippen LogP contribution in [0.25, 0.3) is 22.2 Å². The van der Waals surface area contributed by atoms with E-state index in [1.54, 1.807) is 37.9 Å². The summed E-state index contributed by atoms with van der Waals surface area (Å²) in [6.45, 7) is 10.9. The predicted molar refractivity (Wildman–Crippen MR) is 170 cm³/mol. The van der Waals surface area contributed by atoms with Gasteiger partial charge in [-0.05, 0) is 61.9 Å². The van der Waals surface area contributed by atoms with Crippen LogP contribution in [0.15, 0.2) is 90.1 Å². The number of ether oxygens (including phenoxy) is 1. The second-order valence-electron chi connectivity index (χ2n) is 12.3. The van der Waals surface area contributed by atoms with Gasteiger partial charge < -0.3 is 14.4 Å². The van der Waals surface area contributed by atoms with Crippen LogP contribution >= 0.6 is 11.8 Å². The largest absolute Gasteiger partial charge is 0.487 e. The van der Waals surface area contributed by atoms with Crippen LogP contribution in [0.3, 0.4) is 0 Å². The van der Waals surface area contributed by atoms with Gasteiger partial charge in [0.05, 0.1) is 23.0 Å². The van der Waals surface area contributed by atoms with Crippen molar-refractivity contribution in [1.29, 1.82) is 0 Å². The van der Waals surface area contributed by atoms with Crippen LogP contribution in [0.1, 0.15) is 51.6 Å². The lowest BCUT2D eigenvalue weighted by atomic mass is 9.88. The Bertz CT molecular complexity index is 1730. The Balaban J connectivity index is 1.58. The third kappa shape index (κ3) is 7.25. The Morgan fingerprint density at radius 2 is 1.74 bits per heavy atom. The summed E-state index contributed by atoms with van der Waals surface area (Å²) >= 11 is 1.74. The summed E-state index contributed by atoms with van der Waals surface area (Å²) < 4.78 is 21.7. The van der Waals surface area contributed by atoms with Crippen molar-refractivity contribution in [3.05, 3.63) is 108 Å². The number of hydrogen-bond donors (Lipinski definition) is 1. The molecule has 0 amide bonds. The number of pyridine rings is 2. The number of carbonyl (C=O) groups is 1. The van der Waals surface area contributed by atoms with E-state index in [9.17, 15) is 14.3 Å². The van der Waals surface area contributed by atoms with E-state index in [2.05, 4.69) is 47.4 Å². The van der Waals surface area contributed by atoms with Gasteiger partial charge in [-0.25, -0.2) is 4.39 Å². The van der Waals surface area contributed by atoms with Crippen molar-refractivity contribution < 1.29 is 19.0 Å². The predicted octanol–water partition coefficient (Wildman–Crippen LogP) is 8.41. The topological polar surface area (TPSA) is 77.2 Å². The first-order valence-electron chi connectivity index (χ1n) is 14.2. The fourth-order valence-electron chi connectivity index (χ4n) is 4.87. The van der Waals surface area contributed by atoms with Crippen LogP contribution in [0.5, 0.6) is 5.75 Å². The molecule has 0 aliphatic rings. The molecule has 0 bridgehead atoms. The van der Waals surface area contributed by atoms with Crippen LogP contribution in [0.4, 0.5) is 4.39 Å². The summed E-state index contributed by atoms with van der Waals surface area (Å²) in [5.74, 6) is -0.483. The number of aliphatic carboxylic acids is 1. The molecule has 2 aromatic carbocycles. The van der Waals surface area contributed by atoms with E-state index in [1.165, 1.54) is 12.3 Å². The smallest absolute Gasteiger partial charge is 0.309 e. The number of halogens is 1. The van der Waals surface area contributed by atoms with E-state index in [4.69, 9.17) is 4.74 Å². The SMILES string of the molecule is CC(C)(C)Sc1c(CC(C)(C)C(=O)O)n(Cc2ccc(-c3ccc(F)cn3)cc2)c2ccc(OCc3ccccn3)cc12. The Hall–Kier alpha value is -4.17. The van der Waals surface area contributed by atoms with Gasteiger partial charge in [-0.2, -0.15) is 0 Å². The molecular formula is C35H36FN3O3S. The second kappa shape index (κ2) is 12.2. The molecular weight excluding hydrogens is 561 g/mol. The lowest BCUT2D eigenvalue weighted by molar-refractivity contribution is -0.146. The summed E-state index contributed by atoms with van der Waals surface area (Å²) in [6, 6.07) is 22.9. The molecule has 0 aliphatic carbocycles. The first-order valence-corrected chi connectivity index (χ1v) is 15.0. The molecule has 5 aromatic rings. The zero-order valence-electron chi connectivity index (χ0n) is 25.1. The average molecular weight is 598 g/mol. The average Bonchev–Trinajstić information content (AvgIpc) is 3.22. The molecule has 0 fully saturated rings. The molecule has 0 spiro atoms. The van der Waals surface area contributed by atoms with Gasteiger partial charge in [0.1, 0.15) is 18.2 Å². The molecule has 0 aliphatic heterocycles. The van der Waals surface area contributed by atoms with E-state index in [0.717, 1.165) is 44.1 Å². The maximum atomic E-state index is 13.4. The van der Waals surface area contributed by atoms with Gasteiger partial charge in [0.2, 0.25) is 0 Å². The Morgan fingerprint density at radius 3 is 2.37 bits per heavy atom. The van der Waals surface area contributed by atoms with Gasteiger partial charge in [-0.1, -0.05) is 51.1 Å². The standard InChI is InChI=1S/C35H36FN3O3S/c1-34(2,3)43-32-28-18-27(42-22-26-8-6-7-17-37-26)14-16-30(28)39(31(32)19-35(4,5)33(40)41)21-23-9-11-24(12-10-23)29-15-13-25(36)20-38-29/h6-18,20H,19,21-22H2,1-5H3,(H,40,41). The Kier molecular flexibility index (Phi) is 8.60. The van der Waals surface area contributed by atoms with Crippen LogP contribution in [-0.4, -0.2) is 30.4 Å². The minimum atomic E-state index is -0.976. The van der Waals surface area contributed by atoms with Crippen LogP contribution < -0.4 is 4.74 Å². The van der Waals surface area contributed by atoms with E-state index in [1.807, 2.05) is 48.5 Å². The maximum absolute atomic E-state index is 13.4. The van der Waals surface area contributed by atoms with E-state index >= 15 is 0 Å². The Labute approximate surface area is 256 Å². The Morgan fingerprint density at radius 1 is 0.977 bits per heavy atom. The normalized spacial score (nSPS) is 12.0. The molecule has 3 heterocycles. The van der Waals surface area contributed by atoms with Crippen molar-refractivity contribution >= 4 is 28.6 Å². The number of fused-ring (bicyclic) bond motifs is 1. The number of nitrogens with zero attached hydrogens (tertiary/aromatic N) is 3. The van der Waals surface area contributed by atoms with Crippen molar-refractivity contribution in [2.45, 2.75) is 63.8 Å². The minimum Gasteiger partial charge on any atom is -0.487 e. The molecule has 0 radical (unpaired) electrons. The van der Waals surface area contributed by atoms with Gasteiger partial charge >= 0.3 is 5.97 Å². The van der Waals surface area contributed by atoms with Crippen LogP contribution in [0.2, 0.25) is 0 Å². The maximum Gasteiger partial charge on any atom is 0.309 e. The summed E-state index contributed by atoms with van der Waals surface area (Å²) in [5, 5.41) is 11.1. The molecule has 8 heteroatoms. The fourth-order valence-corrected chi connectivity index (χ4v) is 6.05. The highest BCUT2D eigenvalue weighted by atomic mass is 32.2. The monoisotopic (exact) mass is 597 g/mol. The summed E-state index contributed by atoms with van der Waals surface area (Å²) in [6.07, 6.45) is 3.32. The second-order valence-corrected chi connectivity index (χ2v) is 14.1. The minimum absolute atomic E-state index is 0.115. The molecule has 0 unspecified atom stereocenters. The highest BCUT2D eigenvalue weighted by Crippen LogP contribution is 2.44. The first-order chi connectivity index (χ1) is 20.4. The number of aromatic nitrogens is 3. The van der Waals surface area contributed by atoms with Crippen molar-refractivity contribution in [2.75, 3.05) is 0 Å². The first kappa shape index (κ1) is 30.3. The molecule has 6 nitrogen and oxygen atoms in total. The van der Waals surface area contributed by atoms with Crippen molar-refractivity contribution in [2.24, 2.45) is 5.41 Å². The molecule has 0 saturated carbocycles. The molecule has 0 saturated heterocycles. The van der Waals surface area contributed by atoms with Gasteiger partial charge in [0.25, 0.3) is 0 Å². The van der Waals surface area contributed by atoms with Crippen molar-refractivity contribution in [3.63, 3.8) is 0 Å². The highest BCUT2D eigenvalue weighted by molar-refractivity contribution is 8.00. The quantitative estimate of drug-likeness (QED) is 0.163. The number of thioether (sulfide) groups is 1. The molecule has 1 N–H and O–H groups in total. The fraction of sp³-hybridized carbons (Fsp3) is 0.286. The summed E-state index contributed by atoms with van der Waals surface area (Å²) in [4.78, 5) is 21.9. The molecule has 3 aromatic heterocycles. The highest BCUT2D eigenvalue weighted by Gasteiger charge is 2.33. The van der Waals surface area contributed by atoms with Crippen molar-refractivity contribution in [3.8, 4) is 17.0 Å².